The van der Waals surface area contributed by atoms with Crippen molar-refractivity contribution in [2.75, 3.05) is 38.9 Å². The van der Waals surface area contributed by atoms with E-state index in [0.29, 0.717) is 24.7 Å². The molecule has 0 radical (unpaired) electrons. The lowest BCUT2D eigenvalue weighted by Crippen LogP contribution is -2.21. The van der Waals surface area contributed by atoms with Crippen molar-refractivity contribution < 1.29 is 19.3 Å². The van der Waals surface area contributed by atoms with Gasteiger partial charge in [-0.2, -0.15) is 0 Å². The standard InChI is InChI=1S/C14H23NO4/c1-4-18-10-11(2)15-12-5-6-13(17-3)14(9-12)19-8-7-16/h5-6,9,11,15-16H,4,7-8,10H2,1-3H3. The second-order valence-corrected chi connectivity index (χ2v) is 4.14. The number of nitrogens with one attached hydrogen (secondary N) is 1. The van der Waals surface area contributed by atoms with Gasteiger partial charge in [-0.25, -0.2) is 0 Å². The van der Waals surface area contributed by atoms with Crippen LogP contribution < -0.4 is 14.8 Å². The second kappa shape index (κ2) is 8.61. The van der Waals surface area contributed by atoms with E-state index >= 15 is 0 Å². The summed E-state index contributed by atoms with van der Waals surface area (Å²) in [5, 5.41) is 12.1. The second-order valence-electron chi connectivity index (χ2n) is 4.14. The van der Waals surface area contributed by atoms with Crippen molar-refractivity contribution in [2.24, 2.45) is 0 Å². The highest BCUT2D eigenvalue weighted by atomic mass is 16.5. The number of aliphatic hydroxyl groups is 1. The molecule has 5 heteroatoms. The summed E-state index contributed by atoms with van der Waals surface area (Å²) in [6.45, 7) is 5.60. The van der Waals surface area contributed by atoms with Crippen LogP contribution >= 0.6 is 0 Å². The number of ether oxygens (including phenoxy) is 3. The first-order valence-corrected chi connectivity index (χ1v) is 6.47. The normalized spacial score (nSPS) is 12.0. The van der Waals surface area contributed by atoms with Crippen molar-refractivity contribution in [3.8, 4) is 11.5 Å². The lowest BCUT2D eigenvalue weighted by Gasteiger charge is -2.17. The largest absolute Gasteiger partial charge is 0.493 e. The Hall–Kier alpha value is -1.46. The lowest BCUT2D eigenvalue weighted by atomic mass is 10.2. The Balaban J connectivity index is 2.68. The highest BCUT2D eigenvalue weighted by Gasteiger charge is 2.08. The Morgan fingerprint density at radius 3 is 2.74 bits per heavy atom. The molecule has 0 aromatic heterocycles. The monoisotopic (exact) mass is 269 g/mol. The Morgan fingerprint density at radius 2 is 2.11 bits per heavy atom. The summed E-state index contributed by atoms with van der Waals surface area (Å²) >= 11 is 0. The van der Waals surface area contributed by atoms with E-state index in [1.165, 1.54) is 0 Å². The fraction of sp³-hybridized carbons (Fsp3) is 0.571. The number of aliphatic hydroxyl groups excluding tert-OH is 1. The van der Waals surface area contributed by atoms with Crippen molar-refractivity contribution in [3.63, 3.8) is 0 Å². The van der Waals surface area contributed by atoms with Gasteiger partial charge >= 0.3 is 0 Å². The zero-order valence-electron chi connectivity index (χ0n) is 11.8. The molecule has 0 aliphatic rings. The Kier molecular flexibility index (Phi) is 7.07. The summed E-state index contributed by atoms with van der Waals surface area (Å²) < 4.78 is 16.0. The first-order valence-electron chi connectivity index (χ1n) is 6.47. The molecule has 0 saturated heterocycles. The Morgan fingerprint density at radius 1 is 1.32 bits per heavy atom. The summed E-state index contributed by atoms with van der Waals surface area (Å²) in [5.41, 5.74) is 0.931. The van der Waals surface area contributed by atoms with Crippen LogP contribution in [0.3, 0.4) is 0 Å². The van der Waals surface area contributed by atoms with E-state index in [4.69, 9.17) is 19.3 Å². The molecule has 1 unspecified atom stereocenters. The highest BCUT2D eigenvalue weighted by molar-refractivity contribution is 5.55. The number of benzene rings is 1. The topological polar surface area (TPSA) is 60.0 Å². The molecule has 0 aliphatic carbocycles. The predicted octanol–water partition coefficient (Wildman–Crippen LogP) is 1.90. The van der Waals surface area contributed by atoms with Gasteiger partial charge in [-0.05, 0) is 26.0 Å². The smallest absolute Gasteiger partial charge is 0.163 e. The third-order valence-corrected chi connectivity index (χ3v) is 2.50. The van der Waals surface area contributed by atoms with Crippen LogP contribution in [0.25, 0.3) is 0 Å². The molecule has 5 nitrogen and oxygen atoms in total. The van der Waals surface area contributed by atoms with Gasteiger partial charge in [0.25, 0.3) is 0 Å². The Bertz CT molecular complexity index is 370. The summed E-state index contributed by atoms with van der Waals surface area (Å²) in [7, 11) is 1.59. The number of rotatable bonds is 9. The molecule has 1 aromatic rings. The van der Waals surface area contributed by atoms with Gasteiger partial charge in [-0.15, -0.1) is 0 Å². The molecule has 0 saturated carbocycles. The number of hydrogen-bond donors (Lipinski definition) is 2. The minimum atomic E-state index is -0.0262. The maximum absolute atomic E-state index is 8.81. The average Bonchev–Trinajstić information content (AvgIpc) is 2.43. The van der Waals surface area contributed by atoms with Gasteiger partial charge in [0.15, 0.2) is 11.5 Å². The third kappa shape index (κ3) is 5.36. The van der Waals surface area contributed by atoms with Crippen LogP contribution in [0, 0.1) is 0 Å². The minimum absolute atomic E-state index is 0.0262. The molecule has 0 heterocycles. The van der Waals surface area contributed by atoms with Gasteiger partial charge < -0.3 is 24.6 Å². The van der Waals surface area contributed by atoms with Crippen LogP contribution in [0.1, 0.15) is 13.8 Å². The number of anilines is 1. The van der Waals surface area contributed by atoms with Crippen LogP contribution in [0.5, 0.6) is 11.5 Å². The van der Waals surface area contributed by atoms with Gasteiger partial charge in [-0.3, -0.25) is 0 Å². The highest BCUT2D eigenvalue weighted by Crippen LogP contribution is 2.30. The molecule has 0 amide bonds. The molecule has 19 heavy (non-hydrogen) atoms. The predicted molar refractivity (Wildman–Crippen MR) is 75.2 cm³/mol. The van der Waals surface area contributed by atoms with Gasteiger partial charge in [0.2, 0.25) is 0 Å². The van der Waals surface area contributed by atoms with Crippen molar-refractivity contribution in [1.29, 1.82) is 0 Å². The summed E-state index contributed by atoms with van der Waals surface area (Å²) in [4.78, 5) is 0. The van der Waals surface area contributed by atoms with E-state index in [0.717, 1.165) is 5.69 Å². The van der Waals surface area contributed by atoms with Crippen LogP contribution in [-0.2, 0) is 4.74 Å². The summed E-state index contributed by atoms with van der Waals surface area (Å²) in [5.74, 6) is 1.27. The number of hydrogen-bond acceptors (Lipinski definition) is 5. The fourth-order valence-corrected chi connectivity index (χ4v) is 1.66. The molecular weight excluding hydrogens is 246 g/mol. The first-order chi connectivity index (χ1) is 9.21. The zero-order chi connectivity index (χ0) is 14.1. The summed E-state index contributed by atoms with van der Waals surface area (Å²) in [6.07, 6.45) is 0. The molecule has 2 N–H and O–H groups in total. The molecule has 1 rings (SSSR count). The molecule has 0 bridgehead atoms. The quantitative estimate of drug-likeness (QED) is 0.717. The number of methoxy groups -OCH3 is 1. The van der Waals surface area contributed by atoms with Gasteiger partial charge in [-0.1, -0.05) is 0 Å². The molecule has 0 fully saturated rings. The van der Waals surface area contributed by atoms with E-state index in [9.17, 15) is 0 Å². The minimum Gasteiger partial charge on any atom is -0.493 e. The van der Waals surface area contributed by atoms with E-state index < -0.39 is 0 Å². The maximum atomic E-state index is 8.81. The van der Waals surface area contributed by atoms with Gasteiger partial charge in [0.05, 0.1) is 20.3 Å². The van der Waals surface area contributed by atoms with E-state index in [2.05, 4.69) is 5.32 Å². The zero-order valence-corrected chi connectivity index (χ0v) is 11.8. The summed E-state index contributed by atoms with van der Waals surface area (Å²) in [6, 6.07) is 5.82. The molecular formula is C14H23NO4. The van der Waals surface area contributed by atoms with Crippen molar-refractivity contribution >= 4 is 5.69 Å². The van der Waals surface area contributed by atoms with Crippen molar-refractivity contribution in [2.45, 2.75) is 19.9 Å². The lowest BCUT2D eigenvalue weighted by molar-refractivity contribution is 0.141. The average molecular weight is 269 g/mol. The van der Waals surface area contributed by atoms with Crippen LogP contribution in [0.15, 0.2) is 18.2 Å². The van der Waals surface area contributed by atoms with Crippen molar-refractivity contribution in [1.82, 2.24) is 0 Å². The van der Waals surface area contributed by atoms with Crippen LogP contribution in [-0.4, -0.2) is 44.7 Å². The first kappa shape index (κ1) is 15.6. The SMILES string of the molecule is CCOCC(C)Nc1ccc(OC)c(OCCO)c1. The van der Waals surface area contributed by atoms with Crippen LogP contribution in [0.4, 0.5) is 5.69 Å². The van der Waals surface area contributed by atoms with Gasteiger partial charge in [0.1, 0.15) is 6.61 Å². The fourth-order valence-electron chi connectivity index (χ4n) is 1.66. The maximum Gasteiger partial charge on any atom is 0.163 e. The van der Waals surface area contributed by atoms with E-state index in [1.807, 2.05) is 32.0 Å². The molecule has 108 valence electrons. The van der Waals surface area contributed by atoms with E-state index in [-0.39, 0.29) is 19.3 Å². The molecule has 0 aliphatic heterocycles. The molecule has 1 atom stereocenters. The van der Waals surface area contributed by atoms with Crippen molar-refractivity contribution in [3.05, 3.63) is 18.2 Å². The van der Waals surface area contributed by atoms with Crippen LogP contribution in [0.2, 0.25) is 0 Å². The van der Waals surface area contributed by atoms with Gasteiger partial charge in [0, 0.05) is 24.4 Å². The third-order valence-electron chi connectivity index (χ3n) is 2.50. The van der Waals surface area contributed by atoms with E-state index in [1.54, 1.807) is 7.11 Å². The molecule has 1 aromatic carbocycles. The molecule has 0 spiro atoms. The Labute approximate surface area is 114 Å².